The lowest BCUT2D eigenvalue weighted by Gasteiger charge is -2.34. The topological polar surface area (TPSA) is 61.9 Å². The minimum absolute atomic E-state index is 0.00668. The predicted octanol–water partition coefficient (Wildman–Crippen LogP) is 3.59. The normalized spacial score (nSPS) is 14.3. The van der Waals surface area contributed by atoms with E-state index in [0.29, 0.717) is 23.0 Å². The number of fused-ring (bicyclic) bond motifs is 1. The number of amides is 2. The van der Waals surface area contributed by atoms with Crippen LogP contribution < -0.4 is 15.0 Å². The second-order valence-electron chi connectivity index (χ2n) is 7.21. The molecule has 1 aliphatic heterocycles. The SMILES string of the molecule is COc1ccc(Cl)cc1NC(=O)CN(C)C(C)C(=O)N1CCCc2ccccc21. The molecule has 0 aliphatic carbocycles. The van der Waals surface area contributed by atoms with E-state index in [1.165, 1.54) is 12.7 Å². The molecular weight excluding hydrogens is 390 g/mol. The Balaban J connectivity index is 1.65. The van der Waals surface area contributed by atoms with Gasteiger partial charge < -0.3 is 15.0 Å². The molecule has 2 amide bonds. The van der Waals surface area contributed by atoms with Crippen LogP contribution in [0, 0.1) is 0 Å². The Kier molecular flexibility index (Phi) is 6.77. The summed E-state index contributed by atoms with van der Waals surface area (Å²) in [6.45, 7) is 2.59. The molecule has 0 bridgehead atoms. The summed E-state index contributed by atoms with van der Waals surface area (Å²) < 4.78 is 5.26. The molecule has 7 heteroatoms. The van der Waals surface area contributed by atoms with Crippen molar-refractivity contribution in [3.63, 3.8) is 0 Å². The van der Waals surface area contributed by atoms with Crippen LogP contribution in [-0.4, -0.2) is 50.0 Å². The first-order chi connectivity index (χ1) is 13.9. The summed E-state index contributed by atoms with van der Waals surface area (Å²) in [4.78, 5) is 29.2. The number of aryl methyl sites for hydroxylation is 1. The summed E-state index contributed by atoms with van der Waals surface area (Å²) in [5.74, 6) is 0.277. The third-order valence-electron chi connectivity index (χ3n) is 5.22. The molecule has 0 saturated heterocycles. The molecule has 0 aromatic heterocycles. The van der Waals surface area contributed by atoms with Crippen LogP contribution in [0.15, 0.2) is 42.5 Å². The number of hydrogen-bond donors (Lipinski definition) is 1. The smallest absolute Gasteiger partial charge is 0.244 e. The summed E-state index contributed by atoms with van der Waals surface area (Å²) >= 11 is 6.01. The van der Waals surface area contributed by atoms with Gasteiger partial charge in [-0.05, 0) is 56.6 Å². The van der Waals surface area contributed by atoms with Gasteiger partial charge in [-0.25, -0.2) is 0 Å². The number of rotatable bonds is 6. The highest BCUT2D eigenvalue weighted by molar-refractivity contribution is 6.31. The van der Waals surface area contributed by atoms with Crippen molar-refractivity contribution in [1.29, 1.82) is 0 Å². The molecule has 29 heavy (non-hydrogen) atoms. The van der Waals surface area contributed by atoms with Crippen molar-refractivity contribution < 1.29 is 14.3 Å². The van der Waals surface area contributed by atoms with Crippen LogP contribution in [-0.2, 0) is 16.0 Å². The van der Waals surface area contributed by atoms with E-state index in [9.17, 15) is 9.59 Å². The number of anilines is 2. The maximum atomic E-state index is 13.1. The zero-order chi connectivity index (χ0) is 21.0. The lowest BCUT2D eigenvalue weighted by molar-refractivity contribution is -0.124. The van der Waals surface area contributed by atoms with E-state index >= 15 is 0 Å². The van der Waals surface area contributed by atoms with Crippen LogP contribution in [0.1, 0.15) is 18.9 Å². The number of hydrogen-bond acceptors (Lipinski definition) is 4. The van der Waals surface area contributed by atoms with Gasteiger partial charge in [0.15, 0.2) is 0 Å². The van der Waals surface area contributed by atoms with Crippen molar-refractivity contribution in [2.45, 2.75) is 25.8 Å². The molecule has 154 valence electrons. The maximum absolute atomic E-state index is 13.1. The van der Waals surface area contributed by atoms with E-state index in [1.54, 1.807) is 30.1 Å². The van der Waals surface area contributed by atoms with Crippen molar-refractivity contribution in [3.05, 3.63) is 53.1 Å². The van der Waals surface area contributed by atoms with E-state index in [2.05, 4.69) is 11.4 Å². The van der Waals surface area contributed by atoms with Crippen molar-refractivity contribution in [1.82, 2.24) is 4.90 Å². The van der Waals surface area contributed by atoms with Gasteiger partial charge >= 0.3 is 0 Å². The number of para-hydroxylation sites is 1. The largest absolute Gasteiger partial charge is 0.495 e. The quantitative estimate of drug-likeness (QED) is 0.783. The van der Waals surface area contributed by atoms with Crippen molar-refractivity contribution in [2.75, 3.05) is 37.5 Å². The number of methoxy groups -OCH3 is 1. The zero-order valence-corrected chi connectivity index (χ0v) is 17.7. The van der Waals surface area contributed by atoms with Crippen LogP contribution in [0.25, 0.3) is 0 Å². The second-order valence-corrected chi connectivity index (χ2v) is 7.64. The standard InChI is InChI=1S/C22H26ClN3O3/c1-15(22(28)26-12-6-8-16-7-4-5-9-19(16)26)25(2)14-21(27)24-18-13-17(23)10-11-20(18)29-3/h4-5,7,9-11,13,15H,6,8,12,14H2,1-3H3,(H,24,27). The zero-order valence-electron chi connectivity index (χ0n) is 16.9. The highest BCUT2D eigenvalue weighted by atomic mass is 35.5. The van der Waals surface area contributed by atoms with E-state index in [4.69, 9.17) is 16.3 Å². The van der Waals surface area contributed by atoms with Gasteiger partial charge in [0.2, 0.25) is 11.8 Å². The average Bonchev–Trinajstić information content (AvgIpc) is 2.72. The fourth-order valence-corrected chi connectivity index (χ4v) is 3.68. The van der Waals surface area contributed by atoms with Crippen LogP contribution in [0.5, 0.6) is 5.75 Å². The number of carbonyl (C=O) groups is 2. The Morgan fingerprint density at radius 3 is 2.79 bits per heavy atom. The molecule has 0 saturated carbocycles. The Bertz CT molecular complexity index is 903. The van der Waals surface area contributed by atoms with Crippen molar-refractivity contribution >= 4 is 34.8 Å². The Morgan fingerprint density at radius 2 is 2.03 bits per heavy atom. The molecule has 1 N–H and O–H groups in total. The molecule has 0 fully saturated rings. The summed E-state index contributed by atoms with van der Waals surface area (Å²) in [5, 5.41) is 3.31. The van der Waals surface area contributed by atoms with Gasteiger partial charge in [0.1, 0.15) is 5.75 Å². The molecular formula is C22H26ClN3O3. The fourth-order valence-electron chi connectivity index (χ4n) is 3.51. The average molecular weight is 416 g/mol. The lowest BCUT2D eigenvalue weighted by atomic mass is 10.0. The van der Waals surface area contributed by atoms with Gasteiger partial charge in [-0.3, -0.25) is 14.5 Å². The monoisotopic (exact) mass is 415 g/mol. The molecule has 2 aromatic carbocycles. The second kappa shape index (κ2) is 9.29. The predicted molar refractivity (Wildman–Crippen MR) is 116 cm³/mol. The number of ether oxygens (including phenoxy) is 1. The van der Waals surface area contributed by atoms with Crippen LogP contribution >= 0.6 is 11.6 Å². The first kappa shape index (κ1) is 21.1. The molecule has 1 aliphatic rings. The number of nitrogens with zero attached hydrogens (tertiary/aromatic N) is 2. The van der Waals surface area contributed by atoms with Crippen molar-refractivity contribution in [2.24, 2.45) is 0 Å². The van der Waals surface area contributed by atoms with Gasteiger partial charge in [0.05, 0.1) is 25.4 Å². The van der Waals surface area contributed by atoms with Crippen LogP contribution in [0.4, 0.5) is 11.4 Å². The van der Waals surface area contributed by atoms with Gasteiger partial charge in [-0.15, -0.1) is 0 Å². The van der Waals surface area contributed by atoms with E-state index in [-0.39, 0.29) is 18.4 Å². The number of benzene rings is 2. The van der Waals surface area contributed by atoms with Gasteiger partial charge in [-0.2, -0.15) is 0 Å². The van der Waals surface area contributed by atoms with E-state index in [0.717, 1.165) is 18.5 Å². The van der Waals surface area contributed by atoms with Crippen molar-refractivity contribution in [3.8, 4) is 5.75 Å². The molecule has 1 heterocycles. The highest BCUT2D eigenvalue weighted by Gasteiger charge is 2.29. The van der Waals surface area contributed by atoms with Gasteiger partial charge in [0.25, 0.3) is 0 Å². The summed E-state index contributed by atoms with van der Waals surface area (Å²) in [5.41, 5.74) is 2.66. The maximum Gasteiger partial charge on any atom is 0.244 e. The fraction of sp³-hybridized carbons (Fsp3) is 0.364. The van der Waals surface area contributed by atoms with Gasteiger partial charge in [0, 0.05) is 17.3 Å². The Labute approximate surface area is 176 Å². The van der Waals surface area contributed by atoms with Gasteiger partial charge in [-0.1, -0.05) is 29.8 Å². The number of halogens is 1. The Morgan fingerprint density at radius 1 is 1.28 bits per heavy atom. The first-order valence-electron chi connectivity index (χ1n) is 9.63. The van der Waals surface area contributed by atoms with E-state index in [1.807, 2.05) is 30.0 Å². The third kappa shape index (κ3) is 4.89. The summed E-state index contributed by atoms with van der Waals surface area (Å²) in [7, 11) is 3.30. The molecule has 0 radical (unpaired) electrons. The Hall–Kier alpha value is -2.57. The summed E-state index contributed by atoms with van der Waals surface area (Å²) in [6.07, 6.45) is 1.92. The first-order valence-corrected chi connectivity index (χ1v) is 10.0. The minimum atomic E-state index is -0.437. The highest BCUT2D eigenvalue weighted by Crippen LogP contribution is 2.29. The summed E-state index contributed by atoms with van der Waals surface area (Å²) in [6, 6.07) is 12.6. The molecule has 1 unspecified atom stereocenters. The molecule has 1 atom stereocenters. The molecule has 0 spiro atoms. The molecule has 2 aromatic rings. The minimum Gasteiger partial charge on any atom is -0.495 e. The number of carbonyl (C=O) groups excluding carboxylic acids is 2. The molecule has 6 nitrogen and oxygen atoms in total. The van der Waals surface area contributed by atoms with Crippen LogP contribution in [0.3, 0.4) is 0 Å². The third-order valence-corrected chi connectivity index (χ3v) is 5.46. The van der Waals surface area contributed by atoms with E-state index < -0.39 is 6.04 Å². The number of likely N-dealkylation sites (N-methyl/N-ethyl adjacent to an activating group) is 1. The van der Waals surface area contributed by atoms with Crippen LogP contribution in [0.2, 0.25) is 5.02 Å². The molecule has 3 rings (SSSR count). The lowest BCUT2D eigenvalue weighted by Crippen LogP contribution is -2.49. The number of nitrogens with one attached hydrogen (secondary N) is 1.